The Hall–Kier alpha value is -3.61. The normalized spacial score (nSPS) is 11.2. The Morgan fingerprint density at radius 2 is 1.81 bits per heavy atom. The van der Waals surface area contributed by atoms with E-state index in [0.717, 1.165) is 23.4 Å². The minimum absolute atomic E-state index is 0.00792. The number of hydrogen-bond acceptors (Lipinski definition) is 4. The van der Waals surface area contributed by atoms with Crippen LogP contribution in [0.2, 0.25) is 0 Å². The Morgan fingerprint density at radius 1 is 1.03 bits per heavy atom. The first kappa shape index (κ1) is 22.1. The maximum absolute atomic E-state index is 12.1. The Bertz CT molecular complexity index is 981. The van der Waals surface area contributed by atoms with Gasteiger partial charge in [-0.3, -0.25) is 4.79 Å². The van der Waals surface area contributed by atoms with E-state index in [1.165, 1.54) is 5.56 Å². The predicted molar refractivity (Wildman–Crippen MR) is 122 cm³/mol. The quantitative estimate of drug-likeness (QED) is 0.365. The Labute approximate surface area is 183 Å². The van der Waals surface area contributed by atoms with E-state index in [9.17, 15) is 4.79 Å². The Balaban J connectivity index is 1.46. The average molecular weight is 420 g/mol. The van der Waals surface area contributed by atoms with Crippen LogP contribution in [0.25, 0.3) is 11.5 Å². The SMILES string of the molecule is CCNC(=NCc1coc(-c2ccc(C)cc2)n1)NCCC(=O)NCc1ccccc1. The van der Waals surface area contributed by atoms with Crippen LogP contribution in [0.5, 0.6) is 0 Å². The van der Waals surface area contributed by atoms with Crippen LogP contribution in [0.1, 0.15) is 30.2 Å². The molecule has 1 amide bonds. The first-order valence-electron chi connectivity index (χ1n) is 10.5. The number of aliphatic imine (C=N–C) groups is 1. The summed E-state index contributed by atoms with van der Waals surface area (Å²) < 4.78 is 5.58. The number of aryl methyl sites for hydroxylation is 1. The molecule has 3 rings (SSSR count). The van der Waals surface area contributed by atoms with Crippen molar-refractivity contribution in [3.05, 3.63) is 77.7 Å². The van der Waals surface area contributed by atoms with Crippen LogP contribution in [0.3, 0.4) is 0 Å². The summed E-state index contributed by atoms with van der Waals surface area (Å²) in [7, 11) is 0. The van der Waals surface area contributed by atoms with E-state index in [-0.39, 0.29) is 5.91 Å². The molecule has 0 unspecified atom stereocenters. The third kappa shape index (κ3) is 7.29. The lowest BCUT2D eigenvalue weighted by Crippen LogP contribution is -2.39. The highest BCUT2D eigenvalue weighted by Gasteiger charge is 2.07. The summed E-state index contributed by atoms with van der Waals surface area (Å²) in [6.45, 7) is 6.16. The van der Waals surface area contributed by atoms with Gasteiger partial charge in [-0.15, -0.1) is 0 Å². The predicted octanol–water partition coefficient (Wildman–Crippen LogP) is 3.41. The molecule has 0 aliphatic heterocycles. The van der Waals surface area contributed by atoms with Crippen molar-refractivity contribution in [2.45, 2.75) is 33.4 Å². The molecule has 0 bridgehead atoms. The third-order valence-corrected chi connectivity index (χ3v) is 4.57. The lowest BCUT2D eigenvalue weighted by atomic mass is 10.1. The van der Waals surface area contributed by atoms with Crippen molar-refractivity contribution in [3.8, 4) is 11.5 Å². The second kappa shape index (κ2) is 11.5. The summed E-state index contributed by atoms with van der Waals surface area (Å²) in [5, 5.41) is 9.29. The Kier molecular flexibility index (Phi) is 8.22. The van der Waals surface area contributed by atoms with Crippen LogP contribution in [-0.2, 0) is 17.9 Å². The molecule has 2 aromatic carbocycles. The molecule has 7 heteroatoms. The molecule has 1 aromatic heterocycles. The van der Waals surface area contributed by atoms with Gasteiger partial charge in [0.25, 0.3) is 0 Å². The molecule has 0 spiro atoms. The number of benzene rings is 2. The lowest BCUT2D eigenvalue weighted by molar-refractivity contribution is -0.121. The number of guanidine groups is 1. The van der Waals surface area contributed by atoms with E-state index in [1.807, 2.05) is 68.4 Å². The minimum Gasteiger partial charge on any atom is -0.444 e. The van der Waals surface area contributed by atoms with E-state index < -0.39 is 0 Å². The summed E-state index contributed by atoms with van der Waals surface area (Å²) in [5.74, 6) is 1.21. The molecular formula is C24H29N5O2. The van der Waals surface area contributed by atoms with Gasteiger partial charge in [-0.2, -0.15) is 0 Å². The van der Waals surface area contributed by atoms with E-state index in [0.29, 0.717) is 37.9 Å². The van der Waals surface area contributed by atoms with Crippen LogP contribution < -0.4 is 16.0 Å². The largest absolute Gasteiger partial charge is 0.444 e. The number of hydrogen-bond donors (Lipinski definition) is 3. The molecule has 162 valence electrons. The van der Waals surface area contributed by atoms with Crippen LogP contribution in [0.4, 0.5) is 0 Å². The first-order chi connectivity index (χ1) is 15.1. The molecule has 3 N–H and O–H groups in total. The lowest BCUT2D eigenvalue weighted by Gasteiger charge is -2.11. The summed E-state index contributed by atoms with van der Waals surface area (Å²) in [5.41, 5.74) is 3.95. The van der Waals surface area contributed by atoms with Crippen LogP contribution in [0, 0.1) is 6.92 Å². The van der Waals surface area contributed by atoms with Crippen LogP contribution >= 0.6 is 0 Å². The molecule has 1 heterocycles. The van der Waals surface area contributed by atoms with Gasteiger partial charge in [0.15, 0.2) is 5.96 Å². The molecule has 0 fully saturated rings. The Morgan fingerprint density at radius 3 is 2.55 bits per heavy atom. The first-order valence-corrected chi connectivity index (χ1v) is 10.5. The van der Waals surface area contributed by atoms with Gasteiger partial charge < -0.3 is 20.4 Å². The van der Waals surface area contributed by atoms with Gasteiger partial charge in [0.1, 0.15) is 12.0 Å². The fraction of sp³-hybridized carbons (Fsp3) is 0.292. The molecule has 0 atom stereocenters. The monoisotopic (exact) mass is 419 g/mol. The van der Waals surface area contributed by atoms with E-state index in [1.54, 1.807) is 6.26 Å². The van der Waals surface area contributed by atoms with E-state index in [4.69, 9.17) is 4.42 Å². The summed E-state index contributed by atoms with van der Waals surface area (Å²) in [6.07, 6.45) is 1.98. The molecule has 0 radical (unpaired) electrons. The number of carbonyl (C=O) groups is 1. The summed E-state index contributed by atoms with van der Waals surface area (Å²) in [4.78, 5) is 21.1. The third-order valence-electron chi connectivity index (χ3n) is 4.57. The number of nitrogens with one attached hydrogen (secondary N) is 3. The van der Waals surface area contributed by atoms with Gasteiger partial charge in [0, 0.05) is 31.6 Å². The van der Waals surface area contributed by atoms with Crippen LogP contribution in [-0.4, -0.2) is 29.9 Å². The van der Waals surface area contributed by atoms with Gasteiger partial charge in [0.05, 0.1) is 6.54 Å². The van der Waals surface area contributed by atoms with E-state index in [2.05, 4.69) is 25.9 Å². The maximum Gasteiger partial charge on any atom is 0.226 e. The number of amides is 1. The summed E-state index contributed by atoms with van der Waals surface area (Å²) in [6, 6.07) is 17.9. The van der Waals surface area contributed by atoms with Crippen molar-refractivity contribution >= 4 is 11.9 Å². The topological polar surface area (TPSA) is 91.6 Å². The molecule has 31 heavy (non-hydrogen) atoms. The molecule has 3 aromatic rings. The van der Waals surface area contributed by atoms with Gasteiger partial charge >= 0.3 is 0 Å². The van der Waals surface area contributed by atoms with E-state index >= 15 is 0 Å². The zero-order valence-corrected chi connectivity index (χ0v) is 18.0. The smallest absolute Gasteiger partial charge is 0.226 e. The van der Waals surface area contributed by atoms with Gasteiger partial charge in [-0.1, -0.05) is 48.0 Å². The van der Waals surface area contributed by atoms with Crippen molar-refractivity contribution in [1.29, 1.82) is 0 Å². The minimum atomic E-state index is -0.00792. The zero-order valence-electron chi connectivity index (χ0n) is 18.0. The van der Waals surface area contributed by atoms with Crippen molar-refractivity contribution < 1.29 is 9.21 Å². The van der Waals surface area contributed by atoms with Gasteiger partial charge in [-0.05, 0) is 31.5 Å². The molecule has 0 aliphatic rings. The van der Waals surface area contributed by atoms with Gasteiger partial charge in [0.2, 0.25) is 11.8 Å². The number of rotatable bonds is 9. The highest BCUT2D eigenvalue weighted by Crippen LogP contribution is 2.19. The fourth-order valence-corrected chi connectivity index (χ4v) is 2.89. The van der Waals surface area contributed by atoms with Crippen molar-refractivity contribution in [2.24, 2.45) is 4.99 Å². The molecule has 0 saturated carbocycles. The van der Waals surface area contributed by atoms with Gasteiger partial charge in [-0.25, -0.2) is 9.98 Å². The number of aromatic nitrogens is 1. The summed E-state index contributed by atoms with van der Waals surface area (Å²) >= 11 is 0. The number of nitrogens with zero attached hydrogens (tertiary/aromatic N) is 2. The maximum atomic E-state index is 12.1. The average Bonchev–Trinajstić information content (AvgIpc) is 3.26. The molecular weight excluding hydrogens is 390 g/mol. The second-order valence-corrected chi connectivity index (χ2v) is 7.14. The molecule has 0 aliphatic carbocycles. The molecule has 7 nitrogen and oxygen atoms in total. The fourth-order valence-electron chi connectivity index (χ4n) is 2.89. The zero-order chi connectivity index (χ0) is 21.9. The van der Waals surface area contributed by atoms with Crippen molar-refractivity contribution in [1.82, 2.24) is 20.9 Å². The van der Waals surface area contributed by atoms with Crippen molar-refractivity contribution in [2.75, 3.05) is 13.1 Å². The molecule has 0 saturated heterocycles. The number of carbonyl (C=O) groups excluding carboxylic acids is 1. The number of oxazole rings is 1. The van der Waals surface area contributed by atoms with Crippen molar-refractivity contribution in [3.63, 3.8) is 0 Å². The highest BCUT2D eigenvalue weighted by molar-refractivity contribution is 5.81. The standard InChI is InChI=1S/C24H29N5O2/c1-3-25-24(26-14-13-22(30)27-15-19-7-5-4-6-8-19)28-16-21-17-31-23(29-21)20-11-9-18(2)10-12-20/h4-12,17H,3,13-16H2,1-2H3,(H,27,30)(H2,25,26,28). The highest BCUT2D eigenvalue weighted by atomic mass is 16.3. The van der Waals surface area contributed by atoms with Crippen LogP contribution in [0.15, 0.2) is 70.3 Å². The second-order valence-electron chi connectivity index (χ2n) is 7.14.